The van der Waals surface area contributed by atoms with Crippen LogP contribution in [-0.4, -0.2) is 53.4 Å². The number of pyridine rings is 2. The van der Waals surface area contributed by atoms with Gasteiger partial charge in [-0.2, -0.15) is 5.10 Å². The highest BCUT2D eigenvalue weighted by Crippen LogP contribution is 2.31. The molecule has 0 saturated carbocycles. The van der Waals surface area contributed by atoms with E-state index in [2.05, 4.69) is 36.9 Å². The molecule has 194 valence electrons. The Balaban J connectivity index is 1.26. The van der Waals surface area contributed by atoms with Gasteiger partial charge in [-0.15, -0.1) is 0 Å². The number of anilines is 2. The number of fused-ring (bicyclic) bond motifs is 2. The van der Waals surface area contributed by atoms with Crippen LogP contribution in [0.25, 0.3) is 22.3 Å². The second-order valence-corrected chi connectivity index (χ2v) is 9.01. The molecule has 5 heterocycles. The van der Waals surface area contributed by atoms with Crippen LogP contribution < -0.4 is 10.1 Å². The van der Waals surface area contributed by atoms with Gasteiger partial charge in [0.25, 0.3) is 0 Å². The molecule has 0 bridgehead atoms. The fourth-order valence-corrected chi connectivity index (χ4v) is 4.46. The fraction of sp³-hybridized carbons (Fsp3) is 0.143. The van der Waals surface area contributed by atoms with Crippen LogP contribution >= 0.6 is 0 Å². The Morgan fingerprint density at radius 2 is 2.05 bits per heavy atom. The number of rotatable bonds is 6. The number of hydrogen-bond acceptors (Lipinski definition) is 8. The SMILES string of the molecule is C=CC(=O)N1CC=C(c2nc3c(Nc4ccc(Oc5ccn6ncnc6c5)c(C)c4)ncnc3cc2F)CC1. The summed E-state index contributed by atoms with van der Waals surface area (Å²) in [7, 11) is 0. The molecule has 0 aliphatic carbocycles. The summed E-state index contributed by atoms with van der Waals surface area (Å²) in [5.74, 6) is 1.16. The first-order valence-corrected chi connectivity index (χ1v) is 12.3. The molecule has 1 aliphatic heterocycles. The van der Waals surface area contributed by atoms with Gasteiger partial charge in [-0.1, -0.05) is 12.7 Å². The second-order valence-electron chi connectivity index (χ2n) is 9.01. The molecule has 39 heavy (non-hydrogen) atoms. The first kappa shape index (κ1) is 24.2. The molecule has 0 unspecified atom stereocenters. The lowest BCUT2D eigenvalue weighted by molar-refractivity contribution is -0.125. The van der Waals surface area contributed by atoms with Crippen molar-refractivity contribution in [1.82, 2.24) is 34.4 Å². The minimum Gasteiger partial charge on any atom is -0.457 e. The topological polar surface area (TPSA) is 110 Å². The Bertz CT molecular complexity index is 1780. The number of aryl methyl sites for hydroxylation is 1. The molecule has 1 amide bonds. The minimum atomic E-state index is -0.469. The van der Waals surface area contributed by atoms with Crippen molar-refractivity contribution in [3.05, 3.63) is 91.1 Å². The number of nitrogens with zero attached hydrogens (tertiary/aromatic N) is 7. The number of benzene rings is 1. The molecule has 1 N–H and O–H groups in total. The highest BCUT2D eigenvalue weighted by molar-refractivity contribution is 5.89. The van der Waals surface area contributed by atoms with Crippen LogP contribution in [0.15, 0.2) is 74.0 Å². The van der Waals surface area contributed by atoms with E-state index < -0.39 is 5.82 Å². The Kier molecular flexibility index (Phi) is 6.16. The molecule has 0 radical (unpaired) electrons. The predicted octanol–water partition coefficient (Wildman–Crippen LogP) is 4.85. The van der Waals surface area contributed by atoms with Crippen LogP contribution in [0.3, 0.4) is 0 Å². The third-order valence-corrected chi connectivity index (χ3v) is 6.48. The van der Waals surface area contributed by atoms with Crippen molar-refractivity contribution < 1.29 is 13.9 Å². The van der Waals surface area contributed by atoms with E-state index in [1.54, 1.807) is 15.6 Å². The van der Waals surface area contributed by atoms with Crippen molar-refractivity contribution in [2.45, 2.75) is 13.3 Å². The van der Waals surface area contributed by atoms with Gasteiger partial charge in [0.1, 0.15) is 35.4 Å². The highest BCUT2D eigenvalue weighted by atomic mass is 19.1. The lowest BCUT2D eigenvalue weighted by Gasteiger charge is -2.25. The third-order valence-electron chi connectivity index (χ3n) is 6.48. The Labute approximate surface area is 222 Å². The monoisotopic (exact) mass is 522 g/mol. The summed E-state index contributed by atoms with van der Waals surface area (Å²) in [6.45, 7) is 6.30. The maximum Gasteiger partial charge on any atom is 0.246 e. The van der Waals surface area contributed by atoms with E-state index in [1.165, 1.54) is 24.8 Å². The van der Waals surface area contributed by atoms with E-state index in [0.717, 1.165) is 16.8 Å². The Hall–Kier alpha value is -5.19. The van der Waals surface area contributed by atoms with Crippen LogP contribution in [-0.2, 0) is 4.79 Å². The number of carbonyl (C=O) groups is 1. The van der Waals surface area contributed by atoms with Crippen molar-refractivity contribution in [2.24, 2.45) is 0 Å². The van der Waals surface area contributed by atoms with E-state index >= 15 is 4.39 Å². The van der Waals surface area contributed by atoms with E-state index in [1.807, 2.05) is 43.3 Å². The summed E-state index contributed by atoms with van der Waals surface area (Å²) in [5, 5.41) is 7.37. The molecule has 0 atom stereocenters. The van der Waals surface area contributed by atoms with Gasteiger partial charge in [-0.3, -0.25) is 4.79 Å². The van der Waals surface area contributed by atoms with Crippen molar-refractivity contribution in [2.75, 3.05) is 18.4 Å². The largest absolute Gasteiger partial charge is 0.457 e. The maximum absolute atomic E-state index is 15.0. The third kappa shape index (κ3) is 4.77. The summed E-state index contributed by atoms with van der Waals surface area (Å²) in [6.07, 6.45) is 8.22. The van der Waals surface area contributed by atoms with Crippen molar-refractivity contribution in [3.8, 4) is 11.5 Å². The van der Waals surface area contributed by atoms with Gasteiger partial charge in [0.2, 0.25) is 5.91 Å². The lowest BCUT2D eigenvalue weighted by Crippen LogP contribution is -2.33. The molecule has 10 nitrogen and oxygen atoms in total. The molecule has 0 spiro atoms. The standard InChI is InChI=1S/C28H23FN8O2/c1-3-25(38)36-9-6-18(7-10-36)26-21(29)14-22-27(35-26)28(32-15-30-22)34-19-4-5-23(17(2)12-19)39-20-8-11-37-24(13-20)31-16-33-37/h3-6,8,11-16H,1,7,9-10H2,2H3,(H,30,32,34). The van der Waals surface area contributed by atoms with Crippen LogP contribution in [0.2, 0.25) is 0 Å². The zero-order valence-corrected chi connectivity index (χ0v) is 21.0. The summed E-state index contributed by atoms with van der Waals surface area (Å²) in [4.78, 5) is 30.9. The molecule has 1 aromatic carbocycles. The number of halogens is 1. The van der Waals surface area contributed by atoms with Gasteiger partial charge >= 0.3 is 0 Å². The van der Waals surface area contributed by atoms with Crippen molar-refractivity contribution in [3.63, 3.8) is 0 Å². The zero-order chi connectivity index (χ0) is 26.9. The zero-order valence-electron chi connectivity index (χ0n) is 21.0. The van der Waals surface area contributed by atoms with Crippen molar-refractivity contribution in [1.29, 1.82) is 0 Å². The van der Waals surface area contributed by atoms with E-state index in [0.29, 0.717) is 53.5 Å². The summed E-state index contributed by atoms with van der Waals surface area (Å²) < 4.78 is 22.7. The lowest BCUT2D eigenvalue weighted by atomic mass is 10.0. The molecular formula is C28H23FN8O2. The average molecular weight is 523 g/mol. The molecule has 1 aliphatic rings. The number of hydrogen-bond donors (Lipinski definition) is 1. The summed E-state index contributed by atoms with van der Waals surface area (Å²) >= 11 is 0. The van der Waals surface area contributed by atoms with Crippen LogP contribution in [0, 0.1) is 12.7 Å². The van der Waals surface area contributed by atoms with Gasteiger partial charge in [-0.05, 0) is 54.8 Å². The van der Waals surface area contributed by atoms with Crippen LogP contribution in [0.1, 0.15) is 17.7 Å². The number of aromatic nitrogens is 6. The molecule has 6 rings (SSSR count). The summed E-state index contributed by atoms with van der Waals surface area (Å²) in [6, 6.07) is 10.6. The van der Waals surface area contributed by atoms with E-state index in [4.69, 9.17) is 4.74 Å². The molecule has 0 saturated heterocycles. The Morgan fingerprint density at radius 1 is 1.15 bits per heavy atom. The quantitative estimate of drug-likeness (QED) is 0.315. The fourth-order valence-electron chi connectivity index (χ4n) is 4.46. The smallest absolute Gasteiger partial charge is 0.246 e. The van der Waals surface area contributed by atoms with E-state index in [-0.39, 0.29) is 11.6 Å². The van der Waals surface area contributed by atoms with Crippen LogP contribution in [0.4, 0.5) is 15.9 Å². The molecule has 5 aromatic rings. The van der Waals surface area contributed by atoms with Gasteiger partial charge in [0.15, 0.2) is 17.3 Å². The number of nitrogens with one attached hydrogen (secondary N) is 1. The first-order valence-electron chi connectivity index (χ1n) is 12.3. The molecular weight excluding hydrogens is 499 g/mol. The summed E-state index contributed by atoms with van der Waals surface area (Å²) in [5.41, 5.74) is 4.14. The van der Waals surface area contributed by atoms with Gasteiger partial charge < -0.3 is 15.0 Å². The Morgan fingerprint density at radius 3 is 2.85 bits per heavy atom. The highest BCUT2D eigenvalue weighted by Gasteiger charge is 2.20. The van der Waals surface area contributed by atoms with Gasteiger partial charge in [-0.25, -0.2) is 28.8 Å². The normalized spacial score (nSPS) is 13.4. The number of ether oxygens (including phenoxy) is 1. The molecule has 4 aromatic heterocycles. The molecule has 0 fully saturated rings. The first-order chi connectivity index (χ1) is 19.0. The maximum atomic E-state index is 15.0. The minimum absolute atomic E-state index is 0.153. The van der Waals surface area contributed by atoms with Gasteiger partial charge in [0, 0.05) is 37.1 Å². The van der Waals surface area contributed by atoms with Gasteiger partial charge in [0.05, 0.1) is 5.52 Å². The number of amides is 1. The van der Waals surface area contributed by atoms with E-state index in [9.17, 15) is 4.79 Å². The average Bonchev–Trinajstić information content (AvgIpc) is 3.42. The second kappa shape index (κ2) is 9.93. The van der Waals surface area contributed by atoms with Crippen molar-refractivity contribution >= 4 is 39.7 Å². The molecule has 11 heteroatoms. The van der Waals surface area contributed by atoms with Crippen LogP contribution in [0.5, 0.6) is 11.5 Å². The number of carbonyl (C=O) groups excluding carboxylic acids is 1. The predicted molar refractivity (Wildman–Crippen MR) is 144 cm³/mol.